The maximum Gasteiger partial charge on any atom is 0.256 e. The van der Waals surface area contributed by atoms with Crippen molar-refractivity contribution in [3.8, 4) is 11.1 Å². The van der Waals surface area contributed by atoms with Crippen LogP contribution in [-0.4, -0.2) is 56.4 Å². The molecular weight excluding hydrogens is 468 g/mol. The maximum absolute atomic E-state index is 13.8. The number of hydrogen-bond donors (Lipinski definition) is 1. The van der Waals surface area contributed by atoms with Crippen LogP contribution < -0.4 is 0 Å². The Kier molecular flexibility index (Phi) is 6.54. The third kappa shape index (κ3) is 4.62. The molecule has 1 N–H and O–H groups in total. The van der Waals surface area contributed by atoms with Gasteiger partial charge in [0, 0.05) is 43.6 Å². The Labute approximate surface area is 216 Å². The number of β-amino-alcohol motifs (C(OH)–C–C–N with tert-alkyl or cyclic N) is 1. The third-order valence-electron chi connectivity index (χ3n) is 7.60. The van der Waals surface area contributed by atoms with E-state index in [2.05, 4.69) is 15.1 Å². The summed E-state index contributed by atoms with van der Waals surface area (Å²) in [6, 6.07) is 13.1. The van der Waals surface area contributed by atoms with Gasteiger partial charge in [0.05, 0.1) is 23.3 Å². The van der Waals surface area contributed by atoms with Crippen LogP contribution in [0, 0.1) is 12.8 Å². The second-order valence-electron chi connectivity index (χ2n) is 10.7. The number of carbonyl (C=O) groups is 2. The number of aliphatic hydroxyl groups is 1. The SMILES string of the molecule is Cc1cc(C(C(=O)N2CC(O)CC2C2=NC(=O)C(C)(c3ccc(-c4cccnc4)cc3)C2)C(C)C)on1. The lowest BCUT2D eigenvalue weighted by Gasteiger charge is -2.30. The number of hydrogen-bond acceptors (Lipinski definition) is 6. The molecule has 4 heterocycles. The van der Waals surface area contributed by atoms with Crippen molar-refractivity contribution in [2.75, 3.05) is 6.54 Å². The number of carbonyl (C=O) groups excluding carboxylic acids is 2. The summed E-state index contributed by atoms with van der Waals surface area (Å²) in [6.07, 6.45) is 3.61. The van der Waals surface area contributed by atoms with Crippen molar-refractivity contribution in [3.05, 3.63) is 71.9 Å². The van der Waals surface area contributed by atoms with E-state index in [4.69, 9.17) is 4.52 Å². The van der Waals surface area contributed by atoms with Crippen LogP contribution in [0.2, 0.25) is 0 Å². The van der Waals surface area contributed by atoms with E-state index >= 15 is 0 Å². The predicted octanol–water partition coefficient (Wildman–Crippen LogP) is 4.08. The Bertz CT molecular complexity index is 1330. The van der Waals surface area contributed by atoms with E-state index in [0.29, 0.717) is 30.0 Å². The van der Waals surface area contributed by atoms with Gasteiger partial charge in [-0.1, -0.05) is 49.3 Å². The summed E-state index contributed by atoms with van der Waals surface area (Å²) in [5.74, 6) is -0.415. The standard InChI is InChI=1S/C29H32N4O4/c1-17(2)26(25-12-18(3)32-37-25)27(35)33-16-22(34)13-24(33)23-14-29(4,28(36)31-23)21-9-7-19(8-10-21)20-6-5-11-30-15-20/h5-12,15,17,22,24,26,34H,13-14,16H2,1-4H3. The summed E-state index contributed by atoms with van der Waals surface area (Å²) >= 11 is 0. The molecule has 0 aliphatic carbocycles. The van der Waals surface area contributed by atoms with E-state index in [-0.39, 0.29) is 24.3 Å². The number of aryl methyl sites for hydroxylation is 1. The molecule has 0 saturated carbocycles. The zero-order valence-corrected chi connectivity index (χ0v) is 21.6. The normalized spacial score (nSPS) is 24.5. The van der Waals surface area contributed by atoms with Crippen LogP contribution in [0.15, 0.2) is 64.4 Å². The summed E-state index contributed by atoms with van der Waals surface area (Å²) in [4.78, 5) is 37.3. The Morgan fingerprint density at radius 3 is 2.57 bits per heavy atom. The molecule has 8 heteroatoms. The minimum atomic E-state index is -0.829. The van der Waals surface area contributed by atoms with E-state index < -0.39 is 23.5 Å². The van der Waals surface area contributed by atoms with Crippen LogP contribution in [0.4, 0.5) is 0 Å². The number of aromatic nitrogens is 2. The Morgan fingerprint density at radius 2 is 1.95 bits per heavy atom. The molecule has 2 amide bonds. The van der Waals surface area contributed by atoms with Crippen molar-refractivity contribution in [1.29, 1.82) is 0 Å². The van der Waals surface area contributed by atoms with E-state index in [0.717, 1.165) is 16.7 Å². The van der Waals surface area contributed by atoms with Crippen LogP contribution >= 0.6 is 0 Å². The molecule has 2 aliphatic heterocycles. The van der Waals surface area contributed by atoms with Gasteiger partial charge in [-0.25, -0.2) is 4.99 Å². The Hall–Kier alpha value is -3.65. The van der Waals surface area contributed by atoms with Crippen molar-refractivity contribution in [2.45, 2.75) is 64.0 Å². The molecule has 4 unspecified atom stereocenters. The van der Waals surface area contributed by atoms with Gasteiger partial charge in [0.1, 0.15) is 11.7 Å². The third-order valence-corrected chi connectivity index (χ3v) is 7.60. The second-order valence-corrected chi connectivity index (χ2v) is 10.7. The highest BCUT2D eigenvalue weighted by Crippen LogP contribution is 2.39. The average molecular weight is 501 g/mol. The monoisotopic (exact) mass is 500 g/mol. The first-order valence-electron chi connectivity index (χ1n) is 12.7. The molecule has 192 valence electrons. The van der Waals surface area contributed by atoms with Crippen LogP contribution in [-0.2, 0) is 15.0 Å². The molecule has 2 aliphatic rings. The zero-order chi connectivity index (χ0) is 26.3. The minimum Gasteiger partial charge on any atom is -0.391 e. The van der Waals surface area contributed by atoms with Gasteiger partial charge >= 0.3 is 0 Å². The molecule has 3 aromatic rings. The zero-order valence-electron chi connectivity index (χ0n) is 21.6. The van der Waals surface area contributed by atoms with Crippen LogP contribution in [0.1, 0.15) is 56.5 Å². The fourth-order valence-electron chi connectivity index (χ4n) is 5.53. The summed E-state index contributed by atoms with van der Waals surface area (Å²) in [7, 11) is 0. The van der Waals surface area contributed by atoms with Gasteiger partial charge in [-0.05, 0) is 42.5 Å². The van der Waals surface area contributed by atoms with Crippen molar-refractivity contribution in [3.63, 3.8) is 0 Å². The number of aliphatic hydroxyl groups excluding tert-OH is 1. The van der Waals surface area contributed by atoms with Gasteiger partial charge in [-0.15, -0.1) is 0 Å². The Balaban J connectivity index is 1.39. The summed E-state index contributed by atoms with van der Waals surface area (Å²) < 4.78 is 5.46. The lowest BCUT2D eigenvalue weighted by atomic mass is 9.78. The fourth-order valence-corrected chi connectivity index (χ4v) is 5.53. The molecule has 5 rings (SSSR count). The van der Waals surface area contributed by atoms with Gasteiger partial charge in [-0.2, -0.15) is 0 Å². The molecule has 8 nitrogen and oxygen atoms in total. The van der Waals surface area contributed by atoms with E-state index in [1.54, 1.807) is 23.4 Å². The number of likely N-dealkylation sites (tertiary alicyclic amines) is 1. The minimum absolute atomic E-state index is 0.0333. The van der Waals surface area contributed by atoms with Gasteiger partial charge in [0.15, 0.2) is 0 Å². The van der Waals surface area contributed by atoms with E-state index in [9.17, 15) is 14.7 Å². The molecular formula is C29H32N4O4. The predicted molar refractivity (Wildman–Crippen MR) is 139 cm³/mol. The maximum atomic E-state index is 13.8. The van der Waals surface area contributed by atoms with Crippen LogP contribution in [0.5, 0.6) is 0 Å². The first-order valence-corrected chi connectivity index (χ1v) is 12.7. The summed E-state index contributed by atoms with van der Waals surface area (Å²) in [5, 5.41) is 14.5. The summed E-state index contributed by atoms with van der Waals surface area (Å²) in [5.41, 5.74) is 3.42. The molecule has 37 heavy (non-hydrogen) atoms. The van der Waals surface area contributed by atoms with E-state index in [1.165, 1.54) is 0 Å². The van der Waals surface area contributed by atoms with Crippen LogP contribution in [0.25, 0.3) is 11.1 Å². The number of nitrogens with zero attached hydrogens (tertiary/aromatic N) is 4. The number of benzene rings is 1. The van der Waals surface area contributed by atoms with Gasteiger partial charge in [0.25, 0.3) is 5.91 Å². The number of pyridine rings is 1. The first kappa shape index (κ1) is 25.0. The van der Waals surface area contributed by atoms with Crippen LogP contribution in [0.3, 0.4) is 0 Å². The number of amides is 2. The molecule has 2 aromatic heterocycles. The Morgan fingerprint density at radius 1 is 1.19 bits per heavy atom. The average Bonchev–Trinajstić information content (AvgIpc) is 3.57. The largest absolute Gasteiger partial charge is 0.391 e. The molecule has 4 atom stereocenters. The molecule has 0 spiro atoms. The van der Waals surface area contributed by atoms with Crippen molar-refractivity contribution < 1.29 is 19.2 Å². The molecule has 0 radical (unpaired) electrons. The smallest absolute Gasteiger partial charge is 0.256 e. The van der Waals surface area contributed by atoms with Gasteiger partial charge < -0.3 is 14.5 Å². The lowest BCUT2D eigenvalue weighted by molar-refractivity contribution is -0.134. The van der Waals surface area contributed by atoms with Crippen molar-refractivity contribution >= 4 is 17.5 Å². The van der Waals surface area contributed by atoms with Crippen molar-refractivity contribution in [1.82, 2.24) is 15.0 Å². The number of rotatable bonds is 6. The quantitative estimate of drug-likeness (QED) is 0.546. The topological polar surface area (TPSA) is 109 Å². The van der Waals surface area contributed by atoms with E-state index in [1.807, 2.05) is 64.1 Å². The second kappa shape index (κ2) is 9.67. The molecule has 0 bridgehead atoms. The van der Waals surface area contributed by atoms with Gasteiger partial charge in [0.2, 0.25) is 5.91 Å². The molecule has 1 saturated heterocycles. The summed E-state index contributed by atoms with van der Waals surface area (Å²) in [6.45, 7) is 7.84. The highest BCUT2D eigenvalue weighted by Gasteiger charge is 2.48. The van der Waals surface area contributed by atoms with Crippen molar-refractivity contribution in [2.24, 2.45) is 10.9 Å². The molecule has 1 fully saturated rings. The van der Waals surface area contributed by atoms with Gasteiger partial charge in [-0.3, -0.25) is 14.6 Å². The highest BCUT2D eigenvalue weighted by atomic mass is 16.5. The first-order chi connectivity index (χ1) is 17.7. The highest BCUT2D eigenvalue weighted by molar-refractivity contribution is 6.11. The molecule has 1 aromatic carbocycles. The lowest BCUT2D eigenvalue weighted by Crippen LogP contribution is -2.44. The fraction of sp³-hybridized carbons (Fsp3) is 0.414. The number of aliphatic imine (C=N–C) groups is 1.